The molecule has 4 aliphatic heterocycles. The summed E-state index contributed by atoms with van der Waals surface area (Å²) in [4.78, 5) is 58.9. The Morgan fingerprint density at radius 2 is 1.63 bits per heavy atom. The zero-order chi connectivity index (χ0) is 42.2. The van der Waals surface area contributed by atoms with Crippen molar-refractivity contribution < 1.29 is 27.6 Å². The van der Waals surface area contributed by atoms with Crippen LogP contribution in [0.15, 0.2) is 78.6 Å². The standard InChI is InChI=1S/C44H49BF2N10O3/c1-29-26-30(2)57(45(46)47)38(29)27-35-15-14-33(51(35)3)16-17-40(58)55-24-22-54(23-25-55)34-18-20-56(21-19-34)42(59)31-10-12-32(13-11-31)49-44-48-28-39-41(50-44)52(4)37-9-7-6-8-36(37)43(60)53(39)5/h6-15,26-28,34H,16-25H2,1-5H3/p+1. The number of benzene rings is 2. The van der Waals surface area contributed by atoms with Crippen LogP contribution < -0.4 is 15.1 Å². The molecule has 0 aliphatic carbocycles. The zero-order valence-electron chi connectivity index (χ0n) is 34.7. The minimum atomic E-state index is -2.61. The quantitative estimate of drug-likeness (QED) is 0.162. The molecule has 16 heteroatoms. The number of nitrogens with zero attached hydrogens (tertiary/aromatic N) is 9. The number of hydrogen-bond acceptors (Lipinski definition) is 8. The highest BCUT2D eigenvalue weighted by Crippen LogP contribution is 2.38. The SMILES string of the molecule is Cc1cc(C)n(B(F)F)c1/C=C1/C=CC(CCC(=O)N2CCN(C3CCN(C(=O)c4ccc(Nc5ncc6c(n5)N(C)c5ccccc5C(=O)N6C)cc4)CC3)CC2)=[N+]1C. The smallest absolute Gasteiger partial charge is 0.340 e. The Kier molecular flexibility index (Phi) is 11.4. The molecule has 0 unspecified atom stereocenters. The second-order valence-corrected chi connectivity index (χ2v) is 15.9. The summed E-state index contributed by atoms with van der Waals surface area (Å²) in [5.74, 6) is 0.962. The third-order valence-electron chi connectivity index (χ3n) is 12.4. The first-order valence-corrected chi connectivity index (χ1v) is 20.5. The Labute approximate surface area is 349 Å². The first kappa shape index (κ1) is 40.6. The minimum Gasteiger partial charge on any atom is -0.340 e. The molecular formula is C44H50BF2N10O3+. The number of amides is 3. The number of aromatic nitrogens is 3. The van der Waals surface area contributed by atoms with Crippen molar-refractivity contribution in [2.75, 3.05) is 75.5 Å². The molecule has 13 nitrogen and oxygen atoms in total. The zero-order valence-corrected chi connectivity index (χ0v) is 34.7. The number of likely N-dealkylation sites (N-methyl/N-ethyl adjacent to an activating group) is 1. The summed E-state index contributed by atoms with van der Waals surface area (Å²) in [6, 6.07) is 16.9. The number of para-hydroxylation sites is 1. The lowest BCUT2D eigenvalue weighted by Crippen LogP contribution is -2.54. The summed E-state index contributed by atoms with van der Waals surface area (Å²) >= 11 is 0. The monoisotopic (exact) mass is 815 g/mol. The van der Waals surface area contributed by atoms with Gasteiger partial charge in [0.05, 0.1) is 17.4 Å². The van der Waals surface area contributed by atoms with Crippen LogP contribution in [0.25, 0.3) is 6.08 Å². The van der Waals surface area contributed by atoms with E-state index in [2.05, 4.69) is 15.2 Å². The lowest BCUT2D eigenvalue weighted by Gasteiger charge is -2.42. The number of carbonyl (C=O) groups is 3. The molecule has 2 fully saturated rings. The van der Waals surface area contributed by atoms with Gasteiger partial charge in [-0.15, -0.1) is 0 Å². The largest absolute Gasteiger partial charge is 0.677 e. The number of likely N-dealkylation sites (tertiary alicyclic amines) is 1. The molecule has 8 rings (SSSR count). The molecule has 2 aromatic carbocycles. The molecule has 0 radical (unpaired) electrons. The van der Waals surface area contributed by atoms with E-state index in [-0.39, 0.29) is 17.7 Å². The van der Waals surface area contributed by atoms with Gasteiger partial charge < -0.3 is 29.4 Å². The number of aryl methyl sites for hydroxylation is 2. The van der Waals surface area contributed by atoms with Crippen LogP contribution in [-0.2, 0) is 4.79 Å². The molecule has 3 amide bonds. The number of carbonyl (C=O) groups excluding carboxylic acids is 3. The fraction of sp³-hybridized carbons (Fsp3) is 0.364. The summed E-state index contributed by atoms with van der Waals surface area (Å²) < 4.78 is 30.5. The number of piperidine rings is 1. The van der Waals surface area contributed by atoms with E-state index < -0.39 is 7.40 Å². The first-order valence-electron chi connectivity index (χ1n) is 20.5. The van der Waals surface area contributed by atoms with Crippen LogP contribution in [0.2, 0.25) is 0 Å². The third kappa shape index (κ3) is 7.95. The molecule has 1 N–H and O–H groups in total. The number of fused-ring (bicyclic) bond motifs is 2. The number of nitrogens with one attached hydrogen (secondary N) is 1. The summed E-state index contributed by atoms with van der Waals surface area (Å²) in [7, 11) is 2.89. The fourth-order valence-corrected chi connectivity index (χ4v) is 8.82. The molecule has 0 atom stereocenters. The first-order chi connectivity index (χ1) is 28.9. The second kappa shape index (κ2) is 16.8. The van der Waals surface area contributed by atoms with Crippen molar-refractivity contribution in [1.82, 2.24) is 29.1 Å². The molecule has 4 aromatic rings. The Morgan fingerprint density at radius 3 is 2.35 bits per heavy atom. The third-order valence-corrected chi connectivity index (χ3v) is 12.4. The number of hydrogen-bond donors (Lipinski definition) is 1. The van der Waals surface area contributed by atoms with Gasteiger partial charge in [0.1, 0.15) is 12.7 Å². The molecule has 60 heavy (non-hydrogen) atoms. The normalized spacial score (nSPS) is 18.0. The number of rotatable bonds is 9. The Hall–Kier alpha value is -6.16. The summed E-state index contributed by atoms with van der Waals surface area (Å²) in [5.41, 5.74) is 6.90. The molecule has 0 spiro atoms. The molecule has 0 saturated carbocycles. The molecule has 2 saturated heterocycles. The van der Waals surface area contributed by atoms with Gasteiger partial charge in [0.25, 0.3) is 11.8 Å². The van der Waals surface area contributed by atoms with E-state index in [1.165, 1.54) is 0 Å². The minimum absolute atomic E-state index is 0.000832. The number of halogens is 2. The highest BCUT2D eigenvalue weighted by atomic mass is 19.2. The topological polar surface area (TPSA) is 113 Å². The lowest BCUT2D eigenvalue weighted by molar-refractivity contribution is -0.433. The van der Waals surface area contributed by atoms with Gasteiger partial charge in [-0.25, -0.2) is 4.98 Å². The predicted octanol–water partition coefficient (Wildman–Crippen LogP) is 5.99. The highest BCUT2D eigenvalue weighted by molar-refractivity contribution is 6.41. The summed E-state index contributed by atoms with van der Waals surface area (Å²) in [6.45, 7) is 7.81. The maximum atomic E-state index is 13.7. The van der Waals surface area contributed by atoms with E-state index >= 15 is 0 Å². The lowest BCUT2D eigenvalue weighted by atomic mass is 10.0. The number of anilines is 5. The van der Waals surface area contributed by atoms with E-state index in [4.69, 9.17) is 4.98 Å². The highest BCUT2D eigenvalue weighted by Gasteiger charge is 2.32. The van der Waals surface area contributed by atoms with E-state index in [0.717, 1.165) is 58.8 Å². The summed E-state index contributed by atoms with van der Waals surface area (Å²) in [5, 5.41) is 3.24. The van der Waals surface area contributed by atoms with Crippen LogP contribution in [0.4, 0.5) is 37.5 Å². The maximum absolute atomic E-state index is 13.7. The molecule has 6 heterocycles. The van der Waals surface area contributed by atoms with E-state index in [9.17, 15) is 23.0 Å². The molecule has 4 aliphatic rings. The number of piperazine rings is 1. The summed E-state index contributed by atoms with van der Waals surface area (Å²) in [6.07, 6.45) is 10.0. The van der Waals surface area contributed by atoms with Crippen LogP contribution in [0.5, 0.6) is 0 Å². The van der Waals surface area contributed by atoms with Crippen molar-refractivity contribution in [2.24, 2.45) is 0 Å². The number of allylic oxidation sites excluding steroid dienone is 2. The van der Waals surface area contributed by atoms with Gasteiger partial charge >= 0.3 is 7.40 Å². The van der Waals surface area contributed by atoms with E-state index in [0.29, 0.717) is 85.0 Å². The van der Waals surface area contributed by atoms with Crippen LogP contribution in [-0.4, -0.2) is 131 Å². The Balaban J connectivity index is 0.795. The van der Waals surface area contributed by atoms with Crippen LogP contribution in [0.3, 0.4) is 0 Å². The molecule has 310 valence electrons. The fourth-order valence-electron chi connectivity index (χ4n) is 8.82. The van der Waals surface area contributed by atoms with Crippen molar-refractivity contribution in [2.45, 2.75) is 45.6 Å². The Morgan fingerprint density at radius 1 is 0.917 bits per heavy atom. The van der Waals surface area contributed by atoms with Crippen LogP contribution in [0.1, 0.15) is 63.4 Å². The van der Waals surface area contributed by atoms with Gasteiger partial charge in [0.2, 0.25) is 17.6 Å². The van der Waals surface area contributed by atoms with Crippen LogP contribution in [0, 0.1) is 13.8 Å². The van der Waals surface area contributed by atoms with Gasteiger partial charge in [-0.3, -0.25) is 27.9 Å². The molecule has 0 bridgehead atoms. The predicted molar refractivity (Wildman–Crippen MR) is 231 cm³/mol. The van der Waals surface area contributed by atoms with Crippen molar-refractivity contribution in [1.29, 1.82) is 0 Å². The van der Waals surface area contributed by atoms with Gasteiger partial charge in [-0.1, -0.05) is 12.1 Å². The maximum Gasteiger partial charge on any atom is 0.677 e. The van der Waals surface area contributed by atoms with E-state index in [1.54, 1.807) is 43.3 Å². The van der Waals surface area contributed by atoms with Crippen molar-refractivity contribution >= 4 is 65.7 Å². The van der Waals surface area contributed by atoms with Crippen molar-refractivity contribution in [3.8, 4) is 0 Å². The molecule has 2 aromatic heterocycles. The molecular weight excluding hydrogens is 765 g/mol. The van der Waals surface area contributed by atoms with Gasteiger partial charge in [0, 0.05) is 113 Å². The van der Waals surface area contributed by atoms with Crippen molar-refractivity contribution in [3.05, 3.63) is 107 Å². The van der Waals surface area contributed by atoms with Crippen molar-refractivity contribution in [3.63, 3.8) is 0 Å². The van der Waals surface area contributed by atoms with Gasteiger partial charge in [-0.05, 0) is 74.7 Å². The second-order valence-electron chi connectivity index (χ2n) is 15.9. The van der Waals surface area contributed by atoms with Gasteiger partial charge in [0.15, 0.2) is 11.5 Å². The Bertz CT molecular complexity index is 2410. The average Bonchev–Trinajstić information content (AvgIpc) is 3.74. The van der Waals surface area contributed by atoms with Crippen LogP contribution >= 0.6 is 0 Å². The van der Waals surface area contributed by atoms with Gasteiger partial charge in [-0.2, -0.15) is 9.56 Å². The van der Waals surface area contributed by atoms with E-state index in [1.807, 2.05) is 94.9 Å². The average molecular weight is 816 g/mol.